The first-order chi connectivity index (χ1) is 9.22. The molecule has 104 valence electrons. The average Bonchev–Trinajstić information content (AvgIpc) is 2.75. The summed E-state index contributed by atoms with van der Waals surface area (Å²) in [6.45, 7) is 9.92. The molecule has 0 aliphatic carbocycles. The number of nitrogens with one attached hydrogen (secondary N) is 1. The van der Waals surface area contributed by atoms with Gasteiger partial charge < -0.3 is 9.88 Å². The number of hydrogen-bond acceptors (Lipinski definition) is 1. The number of aryl methyl sites for hydroxylation is 1. The highest BCUT2D eigenvalue weighted by molar-refractivity contribution is 5.83. The van der Waals surface area contributed by atoms with E-state index in [1.807, 2.05) is 0 Å². The number of fused-ring (bicyclic) bond motifs is 1. The van der Waals surface area contributed by atoms with Gasteiger partial charge in [0.05, 0.1) is 0 Å². The molecule has 2 aromatic rings. The predicted octanol–water partition coefficient (Wildman–Crippen LogP) is 4.19. The van der Waals surface area contributed by atoms with Gasteiger partial charge in [-0.25, -0.2) is 0 Å². The fraction of sp³-hybridized carbons (Fsp3) is 0.529. The first kappa shape index (κ1) is 14.1. The molecule has 0 radical (unpaired) electrons. The van der Waals surface area contributed by atoms with E-state index in [0.29, 0.717) is 5.92 Å². The molecule has 2 heteroatoms. The van der Waals surface area contributed by atoms with E-state index < -0.39 is 0 Å². The third-order valence-corrected chi connectivity index (χ3v) is 3.49. The van der Waals surface area contributed by atoms with Crippen LogP contribution in [-0.2, 0) is 13.1 Å². The number of aromatic nitrogens is 1. The molecule has 0 atom stereocenters. The van der Waals surface area contributed by atoms with E-state index in [1.165, 1.54) is 29.3 Å². The van der Waals surface area contributed by atoms with E-state index in [2.05, 4.69) is 61.1 Å². The molecule has 0 aliphatic heterocycles. The second-order valence-corrected chi connectivity index (χ2v) is 5.74. The Morgan fingerprint density at radius 2 is 2.00 bits per heavy atom. The Morgan fingerprint density at radius 3 is 2.74 bits per heavy atom. The average molecular weight is 258 g/mol. The molecule has 2 rings (SSSR count). The minimum Gasteiger partial charge on any atom is -0.347 e. The zero-order chi connectivity index (χ0) is 13.7. The molecular weight excluding hydrogens is 232 g/mol. The number of hydrogen-bond donors (Lipinski definition) is 1. The van der Waals surface area contributed by atoms with Crippen molar-refractivity contribution in [1.29, 1.82) is 0 Å². The van der Waals surface area contributed by atoms with Gasteiger partial charge in [-0.2, -0.15) is 0 Å². The van der Waals surface area contributed by atoms with Crippen LogP contribution in [0.5, 0.6) is 0 Å². The van der Waals surface area contributed by atoms with Gasteiger partial charge in [-0.05, 0) is 30.5 Å². The van der Waals surface area contributed by atoms with Crippen LogP contribution in [0, 0.1) is 5.92 Å². The van der Waals surface area contributed by atoms with Gasteiger partial charge in [0.15, 0.2) is 0 Å². The number of benzene rings is 1. The minimum absolute atomic E-state index is 0.702. The van der Waals surface area contributed by atoms with Gasteiger partial charge in [-0.1, -0.05) is 45.4 Å². The summed E-state index contributed by atoms with van der Waals surface area (Å²) in [5.41, 5.74) is 2.80. The van der Waals surface area contributed by atoms with Crippen molar-refractivity contribution >= 4 is 10.9 Å². The van der Waals surface area contributed by atoms with Gasteiger partial charge in [-0.15, -0.1) is 0 Å². The van der Waals surface area contributed by atoms with E-state index in [4.69, 9.17) is 0 Å². The molecule has 0 amide bonds. The van der Waals surface area contributed by atoms with Crippen LogP contribution in [0.3, 0.4) is 0 Å². The number of para-hydroxylation sites is 1. The molecule has 1 aromatic carbocycles. The Hall–Kier alpha value is -1.28. The van der Waals surface area contributed by atoms with Crippen LogP contribution < -0.4 is 5.32 Å². The van der Waals surface area contributed by atoms with Crippen molar-refractivity contribution in [3.8, 4) is 0 Å². The zero-order valence-electron chi connectivity index (χ0n) is 12.4. The van der Waals surface area contributed by atoms with Crippen LogP contribution in [0.2, 0.25) is 0 Å². The Labute approximate surface area is 116 Å². The van der Waals surface area contributed by atoms with E-state index in [1.54, 1.807) is 0 Å². The summed E-state index contributed by atoms with van der Waals surface area (Å²) in [5.74, 6) is 0.702. The van der Waals surface area contributed by atoms with Crippen molar-refractivity contribution in [3.05, 3.63) is 36.0 Å². The van der Waals surface area contributed by atoms with Gasteiger partial charge in [0.25, 0.3) is 0 Å². The van der Waals surface area contributed by atoms with Crippen LogP contribution in [-0.4, -0.2) is 11.1 Å². The molecule has 1 N–H and O–H groups in total. The van der Waals surface area contributed by atoms with Gasteiger partial charge >= 0.3 is 0 Å². The molecule has 0 spiro atoms. The van der Waals surface area contributed by atoms with Crippen LogP contribution in [0.4, 0.5) is 0 Å². The third-order valence-electron chi connectivity index (χ3n) is 3.49. The molecular formula is C17H26N2. The maximum Gasteiger partial charge on any atom is 0.0483 e. The topological polar surface area (TPSA) is 17.0 Å². The largest absolute Gasteiger partial charge is 0.347 e. The molecule has 0 unspecified atom stereocenters. The minimum atomic E-state index is 0.702. The Balaban J connectivity index is 2.18. The summed E-state index contributed by atoms with van der Waals surface area (Å²) in [6, 6.07) is 8.75. The standard InChI is InChI=1S/C17H26N2/c1-4-5-10-19-13-15(12-18-11-14(2)3)16-8-6-7-9-17(16)19/h6-9,13-14,18H,4-5,10-12H2,1-3H3. The first-order valence-corrected chi connectivity index (χ1v) is 7.49. The SMILES string of the molecule is CCCCn1cc(CNCC(C)C)c2ccccc21. The maximum atomic E-state index is 3.55. The van der Waals surface area contributed by atoms with E-state index in [9.17, 15) is 0 Å². The lowest BCUT2D eigenvalue weighted by atomic mass is 10.1. The van der Waals surface area contributed by atoms with Gasteiger partial charge in [0.1, 0.15) is 0 Å². The summed E-state index contributed by atoms with van der Waals surface area (Å²) in [7, 11) is 0. The monoisotopic (exact) mass is 258 g/mol. The highest BCUT2D eigenvalue weighted by Crippen LogP contribution is 2.21. The van der Waals surface area contributed by atoms with E-state index >= 15 is 0 Å². The van der Waals surface area contributed by atoms with Gasteiger partial charge in [-0.3, -0.25) is 0 Å². The van der Waals surface area contributed by atoms with E-state index in [0.717, 1.165) is 19.6 Å². The fourth-order valence-electron chi connectivity index (χ4n) is 2.47. The quantitative estimate of drug-likeness (QED) is 0.788. The van der Waals surface area contributed by atoms with Crippen molar-refractivity contribution < 1.29 is 0 Å². The molecule has 0 fully saturated rings. The molecule has 19 heavy (non-hydrogen) atoms. The van der Waals surface area contributed by atoms with Crippen molar-refractivity contribution in [1.82, 2.24) is 9.88 Å². The van der Waals surface area contributed by atoms with Crippen molar-refractivity contribution in [2.24, 2.45) is 5.92 Å². The first-order valence-electron chi connectivity index (χ1n) is 7.49. The lowest BCUT2D eigenvalue weighted by Gasteiger charge is -2.06. The van der Waals surface area contributed by atoms with Gasteiger partial charge in [0.2, 0.25) is 0 Å². The molecule has 1 heterocycles. The molecule has 2 nitrogen and oxygen atoms in total. The number of unbranched alkanes of at least 4 members (excludes halogenated alkanes) is 1. The van der Waals surface area contributed by atoms with Gasteiger partial charge in [0, 0.05) is 30.2 Å². The molecule has 0 aliphatic rings. The maximum absolute atomic E-state index is 3.55. The normalized spacial score (nSPS) is 11.6. The lowest BCUT2D eigenvalue weighted by Crippen LogP contribution is -2.18. The second-order valence-electron chi connectivity index (χ2n) is 5.74. The Kier molecular flexibility index (Phi) is 5.03. The third kappa shape index (κ3) is 3.60. The van der Waals surface area contributed by atoms with Crippen LogP contribution in [0.1, 0.15) is 39.2 Å². The van der Waals surface area contributed by atoms with Crippen molar-refractivity contribution in [2.75, 3.05) is 6.54 Å². The second kappa shape index (κ2) is 6.76. The highest BCUT2D eigenvalue weighted by Gasteiger charge is 2.07. The zero-order valence-corrected chi connectivity index (χ0v) is 12.4. The smallest absolute Gasteiger partial charge is 0.0483 e. The summed E-state index contributed by atoms with van der Waals surface area (Å²) in [5, 5.41) is 4.95. The van der Waals surface area contributed by atoms with E-state index in [-0.39, 0.29) is 0 Å². The highest BCUT2D eigenvalue weighted by atomic mass is 15.0. The summed E-state index contributed by atoms with van der Waals surface area (Å²) in [4.78, 5) is 0. The summed E-state index contributed by atoms with van der Waals surface area (Å²) in [6.07, 6.45) is 4.82. The number of nitrogens with zero attached hydrogens (tertiary/aromatic N) is 1. The van der Waals surface area contributed by atoms with Crippen LogP contribution in [0.15, 0.2) is 30.5 Å². The molecule has 0 bridgehead atoms. The molecule has 1 aromatic heterocycles. The summed E-state index contributed by atoms with van der Waals surface area (Å²) >= 11 is 0. The Morgan fingerprint density at radius 1 is 1.21 bits per heavy atom. The lowest BCUT2D eigenvalue weighted by molar-refractivity contribution is 0.552. The molecule has 0 saturated carbocycles. The van der Waals surface area contributed by atoms with Crippen LogP contribution >= 0.6 is 0 Å². The van der Waals surface area contributed by atoms with Crippen LogP contribution in [0.25, 0.3) is 10.9 Å². The number of rotatable bonds is 7. The predicted molar refractivity (Wildman–Crippen MR) is 83.4 cm³/mol. The fourth-order valence-corrected chi connectivity index (χ4v) is 2.47. The Bertz CT molecular complexity index is 511. The van der Waals surface area contributed by atoms with Crippen molar-refractivity contribution in [3.63, 3.8) is 0 Å². The van der Waals surface area contributed by atoms with Crippen molar-refractivity contribution in [2.45, 2.75) is 46.7 Å². The molecule has 0 saturated heterocycles. The summed E-state index contributed by atoms with van der Waals surface area (Å²) < 4.78 is 2.41.